The lowest BCUT2D eigenvalue weighted by Gasteiger charge is -2.20. The van der Waals surface area contributed by atoms with Crippen molar-refractivity contribution in [3.8, 4) is 17.0 Å². The van der Waals surface area contributed by atoms with E-state index in [0.29, 0.717) is 17.7 Å². The summed E-state index contributed by atoms with van der Waals surface area (Å²) in [5.74, 6) is -0.855. The Morgan fingerprint density at radius 2 is 1.76 bits per heavy atom. The number of alkyl halides is 3. The quantitative estimate of drug-likeness (QED) is 0.264. The Morgan fingerprint density at radius 3 is 2.38 bits per heavy atom. The molecule has 0 aliphatic heterocycles. The van der Waals surface area contributed by atoms with Crippen LogP contribution < -0.4 is 10.1 Å². The summed E-state index contributed by atoms with van der Waals surface area (Å²) in [6, 6.07) is 15.1. The zero-order valence-electron chi connectivity index (χ0n) is 20.4. The topological polar surface area (TPSA) is 88.5 Å². The summed E-state index contributed by atoms with van der Waals surface area (Å²) in [6.07, 6.45) is 0.118. The molecule has 0 radical (unpaired) electrons. The number of rotatable bonds is 12. The normalized spacial score (nSPS) is 12.1. The van der Waals surface area contributed by atoms with Crippen molar-refractivity contribution in [3.05, 3.63) is 83.6 Å². The van der Waals surface area contributed by atoms with Gasteiger partial charge in [0.25, 0.3) is 5.91 Å². The van der Waals surface area contributed by atoms with Crippen molar-refractivity contribution in [1.82, 2.24) is 10.3 Å². The van der Waals surface area contributed by atoms with Crippen molar-refractivity contribution in [3.63, 3.8) is 0 Å². The summed E-state index contributed by atoms with van der Waals surface area (Å²) in [5, 5.41) is 11.2. The summed E-state index contributed by atoms with van der Waals surface area (Å²) in [5.41, 5.74) is 0.608. The molecule has 2 aromatic carbocycles. The van der Waals surface area contributed by atoms with Crippen LogP contribution in [-0.4, -0.2) is 28.5 Å². The summed E-state index contributed by atoms with van der Waals surface area (Å²) in [7, 11) is 0. The Labute approximate surface area is 213 Å². The number of halogens is 3. The first kappa shape index (κ1) is 27.7. The van der Waals surface area contributed by atoms with Gasteiger partial charge in [0.2, 0.25) is 0 Å². The van der Waals surface area contributed by atoms with Gasteiger partial charge in [0, 0.05) is 29.4 Å². The zero-order chi connectivity index (χ0) is 26.8. The second-order valence-corrected chi connectivity index (χ2v) is 8.55. The number of hydrogen-bond acceptors (Lipinski definition) is 4. The lowest BCUT2D eigenvalue weighted by atomic mass is 10.0. The molecule has 1 atom stereocenters. The molecule has 0 saturated heterocycles. The van der Waals surface area contributed by atoms with E-state index in [1.807, 2.05) is 0 Å². The average molecular weight is 515 g/mol. The van der Waals surface area contributed by atoms with Crippen LogP contribution >= 0.6 is 0 Å². The average Bonchev–Trinajstić information content (AvgIpc) is 2.88. The maximum absolute atomic E-state index is 13.4. The van der Waals surface area contributed by atoms with Gasteiger partial charge in [0.1, 0.15) is 11.9 Å². The fraction of sp³-hybridized carbons (Fsp3) is 0.321. The predicted molar refractivity (Wildman–Crippen MR) is 133 cm³/mol. The van der Waals surface area contributed by atoms with Gasteiger partial charge in [-0.05, 0) is 49.2 Å². The molecule has 0 spiro atoms. The molecule has 1 aromatic heterocycles. The summed E-state index contributed by atoms with van der Waals surface area (Å²) >= 11 is 0. The third-order valence-electron chi connectivity index (χ3n) is 5.76. The Morgan fingerprint density at radius 1 is 1.03 bits per heavy atom. The van der Waals surface area contributed by atoms with Crippen molar-refractivity contribution in [1.29, 1.82) is 0 Å². The number of nitrogens with one attached hydrogen (secondary N) is 1. The maximum Gasteiger partial charge on any atom is 0.417 e. The fourth-order valence-electron chi connectivity index (χ4n) is 3.82. The number of unbranched alkanes of at least 4 members (excludes halogenated alkanes) is 2. The van der Waals surface area contributed by atoms with Crippen molar-refractivity contribution in [2.75, 3.05) is 6.54 Å². The molecule has 2 N–H and O–H groups in total. The molecule has 0 bridgehead atoms. The summed E-state index contributed by atoms with van der Waals surface area (Å²) in [6.45, 7) is 2.12. The van der Waals surface area contributed by atoms with E-state index in [4.69, 9.17) is 9.84 Å². The molecule has 0 aliphatic rings. The second-order valence-electron chi connectivity index (χ2n) is 8.55. The standard InChI is InChI=1S/C28H29F3N2O4/c1-2-3-4-9-25(37-21-13-10-19(11-14-21)27(36)32-17-16-26(34)35)20-12-15-24(33-18-20)22-7-5-6-8-23(22)28(29,30)31/h5-8,10-15,18,25H,2-4,9,16-17H2,1H3,(H,32,36)(H,34,35)/t25-/m1/s1. The molecule has 3 aromatic rings. The van der Waals surface area contributed by atoms with Crippen LogP contribution in [0.2, 0.25) is 0 Å². The van der Waals surface area contributed by atoms with Gasteiger partial charge in [-0.1, -0.05) is 44.0 Å². The van der Waals surface area contributed by atoms with Crippen LogP contribution in [0.3, 0.4) is 0 Å². The molecule has 0 fully saturated rings. The van der Waals surface area contributed by atoms with E-state index in [2.05, 4.69) is 17.2 Å². The van der Waals surface area contributed by atoms with Gasteiger partial charge in [-0.15, -0.1) is 0 Å². The van der Waals surface area contributed by atoms with E-state index in [-0.39, 0.29) is 36.2 Å². The summed E-state index contributed by atoms with van der Waals surface area (Å²) < 4.78 is 46.5. The third-order valence-corrected chi connectivity index (χ3v) is 5.76. The number of hydrogen-bond donors (Lipinski definition) is 2. The highest BCUT2D eigenvalue weighted by Crippen LogP contribution is 2.36. The predicted octanol–water partition coefficient (Wildman–Crippen LogP) is 6.67. The number of aliphatic carboxylic acids is 1. The van der Waals surface area contributed by atoms with Gasteiger partial charge < -0.3 is 15.2 Å². The monoisotopic (exact) mass is 514 g/mol. The smallest absolute Gasteiger partial charge is 0.417 e. The minimum atomic E-state index is -4.48. The minimum Gasteiger partial charge on any atom is -0.486 e. The van der Waals surface area contributed by atoms with Crippen molar-refractivity contribution in [2.24, 2.45) is 0 Å². The van der Waals surface area contributed by atoms with Crippen LogP contribution in [0.5, 0.6) is 5.75 Å². The van der Waals surface area contributed by atoms with Crippen molar-refractivity contribution in [2.45, 2.75) is 51.3 Å². The van der Waals surface area contributed by atoms with Gasteiger partial charge in [-0.3, -0.25) is 14.6 Å². The number of ether oxygens (including phenoxy) is 1. The molecule has 6 nitrogen and oxygen atoms in total. The first-order valence-corrected chi connectivity index (χ1v) is 12.1. The van der Waals surface area contributed by atoms with Crippen molar-refractivity contribution < 1.29 is 32.6 Å². The molecular formula is C28H29F3N2O4. The van der Waals surface area contributed by atoms with Gasteiger partial charge in [-0.25, -0.2) is 0 Å². The second kappa shape index (κ2) is 12.9. The molecular weight excluding hydrogens is 485 g/mol. The van der Waals surface area contributed by atoms with Crippen LogP contribution in [0.1, 0.15) is 66.6 Å². The van der Waals surface area contributed by atoms with E-state index in [1.54, 1.807) is 48.7 Å². The first-order chi connectivity index (χ1) is 17.7. The molecule has 1 amide bonds. The number of carbonyl (C=O) groups excluding carboxylic acids is 1. The van der Waals surface area contributed by atoms with Crippen LogP contribution in [0, 0.1) is 0 Å². The number of aromatic nitrogens is 1. The van der Waals surface area contributed by atoms with Crippen molar-refractivity contribution >= 4 is 11.9 Å². The molecule has 3 rings (SSSR count). The van der Waals surface area contributed by atoms with Gasteiger partial charge in [-0.2, -0.15) is 13.2 Å². The van der Waals surface area contributed by atoms with Crippen LogP contribution in [0.4, 0.5) is 13.2 Å². The number of carbonyl (C=O) groups is 2. The Hall–Kier alpha value is -3.88. The first-order valence-electron chi connectivity index (χ1n) is 12.1. The highest BCUT2D eigenvalue weighted by Gasteiger charge is 2.33. The number of carboxylic acids is 1. The van der Waals surface area contributed by atoms with E-state index in [9.17, 15) is 22.8 Å². The number of carboxylic acid groups (broad SMARTS) is 1. The highest BCUT2D eigenvalue weighted by molar-refractivity contribution is 5.94. The molecule has 9 heteroatoms. The number of nitrogens with zero attached hydrogens (tertiary/aromatic N) is 1. The Bertz CT molecular complexity index is 1180. The van der Waals surface area contributed by atoms with Gasteiger partial charge >= 0.3 is 12.1 Å². The van der Waals surface area contributed by atoms with Crippen LogP contribution in [0.15, 0.2) is 66.9 Å². The zero-order valence-corrected chi connectivity index (χ0v) is 20.4. The van der Waals surface area contributed by atoms with Gasteiger partial charge in [0.15, 0.2) is 0 Å². The largest absolute Gasteiger partial charge is 0.486 e. The van der Waals surface area contributed by atoms with E-state index < -0.39 is 17.7 Å². The Kier molecular flexibility index (Phi) is 9.65. The van der Waals surface area contributed by atoms with E-state index >= 15 is 0 Å². The molecule has 37 heavy (non-hydrogen) atoms. The number of amides is 1. The minimum absolute atomic E-state index is 0.0159. The molecule has 0 saturated carbocycles. The fourth-order valence-corrected chi connectivity index (χ4v) is 3.82. The molecule has 1 heterocycles. The van der Waals surface area contributed by atoms with E-state index in [0.717, 1.165) is 30.9 Å². The third kappa shape index (κ3) is 8.06. The molecule has 196 valence electrons. The highest BCUT2D eigenvalue weighted by atomic mass is 19.4. The molecule has 0 unspecified atom stereocenters. The van der Waals surface area contributed by atoms with Crippen LogP contribution in [0.25, 0.3) is 11.3 Å². The molecule has 0 aliphatic carbocycles. The summed E-state index contributed by atoms with van der Waals surface area (Å²) in [4.78, 5) is 27.1. The SMILES string of the molecule is CCCCC[C@@H](Oc1ccc(C(=O)NCCC(=O)O)cc1)c1ccc(-c2ccccc2C(F)(F)F)nc1. The van der Waals surface area contributed by atoms with Gasteiger partial charge in [0.05, 0.1) is 17.7 Å². The lowest BCUT2D eigenvalue weighted by molar-refractivity contribution is -0.137. The number of pyridine rings is 1. The lowest BCUT2D eigenvalue weighted by Crippen LogP contribution is -2.25. The number of benzene rings is 2. The Balaban J connectivity index is 1.76. The maximum atomic E-state index is 13.4. The van der Waals surface area contributed by atoms with E-state index in [1.165, 1.54) is 12.1 Å². The van der Waals surface area contributed by atoms with Crippen LogP contribution in [-0.2, 0) is 11.0 Å².